The van der Waals surface area contributed by atoms with E-state index in [1.54, 1.807) is 0 Å². The largest absolute Gasteiger partial charge is 0.307 e. The summed E-state index contributed by atoms with van der Waals surface area (Å²) in [6, 6.07) is 9.05. The molecule has 3 atom stereocenters. The summed E-state index contributed by atoms with van der Waals surface area (Å²) in [5.41, 5.74) is 1.67. The molecule has 0 heterocycles. The van der Waals surface area contributed by atoms with Crippen LogP contribution in [0.2, 0.25) is 5.02 Å². The standard InChI is InChI=1S/C16H24ClN/c1-11-9-16(3,4)10-15(11)18-12(2)13-7-5-6-8-14(13)17/h5-8,11-12,15,18H,9-10H2,1-4H3. The average Bonchev–Trinajstić information content (AvgIpc) is 2.52. The van der Waals surface area contributed by atoms with Crippen molar-refractivity contribution in [3.63, 3.8) is 0 Å². The minimum atomic E-state index is 0.319. The smallest absolute Gasteiger partial charge is 0.0453 e. The first-order valence-corrected chi connectivity index (χ1v) is 7.27. The second-order valence-corrected chi connectivity index (χ2v) is 6.97. The van der Waals surface area contributed by atoms with E-state index in [-0.39, 0.29) is 0 Å². The highest BCUT2D eigenvalue weighted by molar-refractivity contribution is 6.31. The first-order chi connectivity index (χ1) is 8.39. The van der Waals surface area contributed by atoms with Gasteiger partial charge in [-0.15, -0.1) is 0 Å². The Kier molecular flexibility index (Phi) is 4.03. The Morgan fingerprint density at radius 2 is 1.94 bits per heavy atom. The highest BCUT2D eigenvalue weighted by atomic mass is 35.5. The Labute approximate surface area is 116 Å². The Morgan fingerprint density at radius 1 is 1.28 bits per heavy atom. The van der Waals surface area contributed by atoms with Crippen LogP contribution in [0.25, 0.3) is 0 Å². The maximum Gasteiger partial charge on any atom is 0.0453 e. The van der Waals surface area contributed by atoms with E-state index in [0.717, 1.165) is 10.9 Å². The number of rotatable bonds is 3. The van der Waals surface area contributed by atoms with Gasteiger partial charge in [0.05, 0.1) is 0 Å². The van der Waals surface area contributed by atoms with Crippen molar-refractivity contribution < 1.29 is 0 Å². The van der Waals surface area contributed by atoms with Crippen molar-refractivity contribution in [3.05, 3.63) is 34.9 Å². The van der Waals surface area contributed by atoms with E-state index in [0.29, 0.717) is 17.5 Å². The molecule has 0 saturated heterocycles. The lowest BCUT2D eigenvalue weighted by Crippen LogP contribution is -2.33. The topological polar surface area (TPSA) is 12.0 Å². The second-order valence-electron chi connectivity index (χ2n) is 6.57. The summed E-state index contributed by atoms with van der Waals surface area (Å²) < 4.78 is 0. The Hall–Kier alpha value is -0.530. The number of hydrogen-bond donors (Lipinski definition) is 1. The molecule has 0 amide bonds. The molecular weight excluding hydrogens is 242 g/mol. The van der Waals surface area contributed by atoms with Gasteiger partial charge < -0.3 is 5.32 Å². The third-order valence-electron chi connectivity index (χ3n) is 4.17. The molecule has 0 aliphatic heterocycles. The van der Waals surface area contributed by atoms with Gasteiger partial charge in [-0.2, -0.15) is 0 Å². The molecule has 0 radical (unpaired) electrons. The minimum Gasteiger partial charge on any atom is -0.307 e. The first-order valence-electron chi connectivity index (χ1n) is 6.89. The van der Waals surface area contributed by atoms with Crippen molar-refractivity contribution in [1.29, 1.82) is 0 Å². The van der Waals surface area contributed by atoms with Gasteiger partial charge in [0.15, 0.2) is 0 Å². The molecule has 1 N–H and O–H groups in total. The highest BCUT2D eigenvalue weighted by Crippen LogP contribution is 2.41. The number of hydrogen-bond acceptors (Lipinski definition) is 1. The maximum absolute atomic E-state index is 6.26. The van der Waals surface area contributed by atoms with Crippen molar-refractivity contribution >= 4 is 11.6 Å². The van der Waals surface area contributed by atoms with Gasteiger partial charge in [-0.25, -0.2) is 0 Å². The van der Waals surface area contributed by atoms with E-state index in [2.05, 4.69) is 45.1 Å². The molecule has 1 nitrogen and oxygen atoms in total. The van der Waals surface area contributed by atoms with E-state index in [1.807, 2.05) is 12.1 Å². The Morgan fingerprint density at radius 3 is 2.50 bits per heavy atom. The molecule has 2 rings (SSSR count). The van der Waals surface area contributed by atoms with Crippen LogP contribution in [0.1, 0.15) is 52.1 Å². The predicted molar refractivity (Wildman–Crippen MR) is 79.0 cm³/mol. The fraction of sp³-hybridized carbons (Fsp3) is 0.625. The van der Waals surface area contributed by atoms with Crippen LogP contribution >= 0.6 is 11.6 Å². The van der Waals surface area contributed by atoms with E-state index in [9.17, 15) is 0 Å². The lowest BCUT2D eigenvalue weighted by atomic mass is 9.91. The van der Waals surface area contributed by atoms with Crippen LogP contribution in [0.15, 0.2) is 24.3 Å². The van der Waals surface area contributed by atoms with Crippen molar-refractivity contribution in [2.24, 2.45) is 11.3 Å². The molecule has 1 aromatic rings. The average molecular weight is 266 g/mol. The van der Waals surface area contributed by atoms with Gasteiger partial charge in [0, 0.05) is 17.1 Å². The van der Waals surface area contributed by atoms with Crippen LogP contribution in [-0.4, -0.2) is 6.04 Å². The molecule has 1 aromatic carbocycles. The van der Waals surface area contributed by atoms with Crippen LogP contribution in [0.3, 0.4) is 0 Å². The van der Waals surface area contributed by atoms with Crippen LogP contribution in [0.4, 0.5) is 0 Å². The number of benzene rings is 1. The molecule has 0 aromatic heterocycles. The zero-order valence-corrected chi connectivity index (χ0v) is 12.6. The molecule has 3 unspecified atom stereocenters. The molecule has 0 spiro atoms. The molecular formula is C16H24ClN. The molecule has 2 heteroatoms. The van der Waals surface area contributed by atoms with Crippen molar-refractivity contribution in [2.75, 3.05) is 0 Å². The summed E-state index contributed by atoms with van der Waals surface area (Å²) in [5, 5.41) is 4.62. The first kappa shape index (κ1) is 13.9. The van der Waals surface area contributed by atoms with Gasteiger partial charge in [-0.3, -0.25) is 0 Å². The fourth-order valence-electron chi connectivity index (χ4n) is 3.35. The summed E-state index contributed by atoms with van der Waals surface area (Å²) in [7, 11) is 0. The zero-order chi connectivity index (χ0) is 13.3. The van der Waals surface area contributed by atoms with Crippen molar-refractivity contribution in [1.82, 2.24) is 5.32 Å². The van der Waals surface area contributed by atoms with E-state index >= 15 is 0 Å². The normalized spacial score (nSPS) is 28.3. The lowest BCUT2D eigenvalue weighted by molar-refractivity contribution is 0.356. The predicted octanol–water partition coefficient (Wildman–Crippen LogP) is 4.82. The van der Waals surface area contributed by atoms with Crippen LogP contribution in [0.5, 0.6) is 0 Å². The maximum atomic E-state index is 6.26. The summed E-state index contributed by atoms with van der Waals surface area (Å²) in [6.45, 7) is 9.29. The Bertz CT molecular complexity index is 413. The van der Waals surface area contributed by atoms with E-state index in [4.69, 9.17) is 11.6 Å². The van der Waals surface area contributed by atoms with Gasteiger partial charge in [0.1, 0.15) is 0 Å². The third kappa shape index (κ3) is 3.07. The zero-order valence-electron chi connectivity index (χ0n) is 11.8. The lowest BCUT2D eigenvalue weighted by Gasteiger charge is -2.24. The molecule has 1 fully saturated rings. The molecule has 1 aliphatic rings. The highest BCUT2D eigenvalue weighted by Gasteiger charge is 2.37. The van der Waals surface area contributed by atoms with Gasteiger partial charge in [0.2, 0.25) is 0 Å². The summed E-state index contributed by atoms with van der Waals surface area (Å²) in [5.74, 6) is 0.741. The second kappa shape index (κ2) is 5.22. The van der Waals surface area contributed by atoms with Crippen molar-refractivity contribution in [2.45, 2.75) is 52.6 Å². The SMILES string of the molecule is CC(NC1CC(C)(C)CC1C)c1ccccc1Cl. The van der Waals surface area contributed by atoms with Crippen LogP contribution in [0, 0.1) is 11.3 Å². The monoisotopic (exact) mass is 265 g/mol. The van der Waals surface area contributed by atoms with Gasteiger partial charge in [0.25, 0.3) is 0 Å². The summed E-state index contributed by atoms with van der Waals surface area (Å²) in [4.78, 5) is 0. The van der Waals surface area contributed by atoms with E-state index in [1.165, 1.54) is 18.4 Å². The van der Waals surface area contributed by atoms with Gasteiger partial charge >= 0.3 is 0 Å². The van der Waals surface area contributed by atoms with Gasteiger partial charge in [-0.05, 0) is 42.7 Å². The minimum absolute atomic E-state index is 0.319. The quantitative estimate of drug-likeness (QED) is 0.827. The number of halogens is 1. The van der Waals surface area contributed by atoms with E-state index < -0.39 is 0 Å². The Balaban J connectivity index is 2.04. The third-order valence-corrected chi connectivity index (χ3v) is 4.51. The summed E-state index contributed by atoms with van der Waals surface area (Å²) in [6.07, 6.45) is 2.56. The van der Waals surface area contributed by atoms with Gasteiger partial charge in [-0.1, -0.05) is 50.6 Å². The molecule has 100 valence electrons. The van der Waals surface area contributed by atoms with Crippen LogP contribution in [-0.2, 0) is 0 Å². The summed E-state index contributed by atoms with van der Waals surface area (Å²) >= 11 is 6.26. The molecule has 1 aliphatic carbocycles. The molecule has 0 bridgehead atoms. The van der Waals surface area contributed by atoms with Crippen molar-refractivity contribution in [3.8, 4) is 0 Å². The molecule has 1 saturated carbocycles. The van der Waals surface area contributed by atoms with Crippen LogP contribution < -0.4 is 5.32 Å². The number of nitrogens with one attached hydrogen (secondary N) is 1. The fourth-order valence-corrected chi connectivity index (χ4v) is 3.65. The molecule has 18 heavy (non-hydrogen) atoms.